The summed E-state index contributed by atoms with van der Waals surface area (Å²) in [4.78, 5) is 39.0. The standard InChI is InChI=1S/C33H37N5O5Si/c1-22-31(44(2,3)42)30(16-17-37-19-29(35-36-37)26(20-39)23-10-6-4-7-11-23)43-33(22)27-18-25(14-15-28(27)34-32(33)41)38(21-40)24-12-8-5-9-13-24/h4-15,18-19,21-22,26,30-31,39,42H,16-17,20H2,1-3H3,(H,34,41)/t22-,26?,30+,31-,33+/m1/s1. The lowest BCUT2D eigenvalue weighted by Gasteiger charge is -2.32. The van der Waals surface area contributed by atoms with Crippen LogP contribution in [0, 0.1) is 5.92 Å². The Bertz CT molecular complexity index is 1640. The van der Waals surface area contributed by atoms with E-state index in [1.807, 2.05) is 92.9 Å². The van der Waals surface area contributed by atoms with Crippen molar-refractivity contribution < 1.29 is 24.2 Å². The summed E-state index contributed by atoms with van der Waals surface area (Å²) >= 11 is 0. The molecule has 2 amide bonds. The Kier molecular flexibility index (Phi) is 7.97. The van der Waals surface area contributed by atoms with Gasteiger partial charge in [0.15, 0.2) is 13.9 Å². The number of aliphatic hydroxyl groups is 1. The number of carbonyl (C=O) groups is 2. The summed E-state index contributed by atoms with van der Waals surface area (Å²) in [5.74, 6) is -0.889. The van der Waals surface area contributed by atoms with Crippen LogP contribution in [0.1, 0.15) is 36.1 Å². The van der Waals surface area contributed by atoms with Gasteiger partial charge >= 0.3 is 0 Å². The molecule has 3 heterocycles. The molecule has 6 rings (SSSR count). The van der Waals surface area contributed by atoms with Crippen LogP contribution in [-0.4, -0.2) is 58.2 Å². The van der Waals surface area contributed by atoms with Gasteiger partial charge in [-0.3, -0.25) is 19.2 Å². The Morgan fingerprint density at radius 2 is 1.80 bits per heavy atom. The van der Waals surface area contributed by atoms with Gasteiger partial charge in [-0.05, 0) is 55.4 Å². The monoisotopic (exact) mass is 611 g/mol. The molecule has 4 aromatic rings. The number of carbonyl (C=O) groups excluding carboxylic acids is 2. The summed E-state index contributed by atoms with van der Waals surface area (Å²) in [5.41, 5.74) is 2.67. The molecule has 44 heavy (non-hydrogen) atoms. The third kappa shape index (κ3) is 5.15. The first-order chi connectivity index (χ1) is 21.2. The van der Waals surface area contributed by atoms with Crippen LogP contribution in [0.15, 0.2) is 85.1 Å². The Morgan fingerprint density at radius 1 is 1.09 bits per heavy atom. The SMILES string of the molecule is C[C@@H]1[C@@H]([Si](C)(C)O)[C@H](CCn2cc(C(CO)c3ccccc3)nn2)O[C@@]12C(=O)Nc1ccc(N(C=O)c3ccccc3)cc12. The maximum Gasteiger partial charge on any atom is 0.261 e. The summed E-state index contributed by atoms with van der Waals surface area (Å²) < 4.78 is 8.52. The van der Waals surface area contributed by atoms with Crippen molar-refractivity contribution in [1.82, 2.24) is 15.0 Å². The number of para-hydroxylation sites is 1. The van der Waals surface area contributed by atoms with Crippen molar-refractivity contribution >= 4 is 37.7 Å². The van der Waals surface area contributed by atoms with E-state index in [-0.39, 0.29) is 29.9 Å². The molecule has 0 radical (unpaired) electrons. The third-order valence-electron chi connectivity index (χ3n) is 9.08. The first kappa shape index (κ1) is 29.9. The first-order valence-electron chi connectivity index (χ1n) is 14.9. The molecule has 3 aromatic carbocycles. The zero-order chi connectivity index (χ0) is 31.1. The highest BCUT2D eigenvalue weighted by atomic mass is 28.4. The van der Waals surface area contributed by atoms with Gasteiger partial charge in [0, 0.05) is 46.8 Å². The predicted octanol–water partition coefficient (Wildman–Crippen LogP) is 4.54. The molecule has 0 aliphatic carbocycles. The number of amides is 2. The van der Waals surface area contributed by atoms with Gasteiger partial charge in [-0.2, -0.15) is 0 Å². The van der Waals surface area contributed by atoms with E-state index in [0.29, 0.717) is 41.3 Å². The molecule has 0 bridgehead atoms. The van der Waals surface area contributed by atoms with Crippen LogP contribution in [0.25, 0.3) is 0 Å². The van der Waals surface area contributed by atoms with Crippen molar-refractivity contribution in [3.63, 3.8) is 0 Å². The highest BCUT2D eigenvalue weighted by Gasteiger charge is 2.64. The average molecular weight is 612 g/mol. The van der Waals surface area contributed by atoms with Gasteiger partial charge in [-0.1, -0.05) is 60.7 Å². The minimum Gasteiger partial charge on any atom is -0.432 e. The number of fused-ring (bicyclic) bond motifs is 2. The van der Waals surface area contributed by atoms with Crippen molar-refractivity contribution in [3.8, 4) is 0 Å². The first-order valence-corrected chi connectivity index (χ1v) is 17.9. The average Bonchev–Trinajstić information content (AvgIpc) is 3.68. The molecule has 1 fully saturated rings. The van der Waals surface area contributed by atoms with E-state index in [1.165, 1.54) is 4.90 Å². The van der Waals surface area contributed by atoms with Gasteiger partial charge in [0.2, 0.25) is 6.41 Å². The smallest absolute Gasteiger partial charge is 0.261 e. The zero-order valence-corrected chi connectivity index (χ0v) is 26.0. The normalized spacial score (nSPS) is 23.4. The van der Waals surface area contributed by atoms with Crippen LogP contribution in [-0.2, 0) is 26.5 Å². The molecular weight excluding hydrogens is 574 g/mol. The molecule has 1 saturated heterocycles. The molecule has 1 aromatic heterocycles. The van der Waals surface area contributed by atoms with Crippen LogP contribution in [0.4, 0.5) is 17.1 Å². The fraction of sp³-hybridized carbons (Fsp3) is 0.333. The number of aromatic nitrogens is 3. The fourth-order valence-corrected chi connectivity index (χ4v) is 9.66. The minimum atomic E-state index is -2.84. The van der Waals surface area contributed by atoms with E-state index < -0.39 is 20.0 Å². The van der Waals surface area contributed by atoms with Crippen molar-refractivity contribution in [2.24, 2.45) is 5.92 Å². The number of benzene rings is 3. The molecule has 11 heteroatoms. The highest BCUT2D eigenvalue weighted by molar-refractivity contribution is 6.71. The molecule has 2 aliphatic heterocycles. The zero-order valence-electron chi connectivity index (χ0n) is 25.0. The van der Waals surface area contributed by atoms with Gasteiger partial charge in [-0.25, -0.2) is 0 Å². The Hall–Kier alpha value is -4.16. The number of nitrogens with one attached hydrogen (secondary N) is 1. The number of hydrogen-bond acceptors (Lipinski definition) is 7. The number of aryl methyl sites for hydroxylation is 1. The van der Waals surface area contributed by atoms with Crippen molar-refractivity contribution in [3.05, 3.63) is 102 Å². The van der Waals surface area contributed by atoms with Crippen molar-refractivity contribution in [1.29, 1.82) is 0 Å². The number of rotatable bonds is 10. The molecule has 228 valence electrons. The van der Waals surface area contributed by atoms with E-state index in [2.05, 4.69) is 15.6 Å². The minimum absolute atomic E-state index is 0.0941. The molecule has 0 saturated carbocycles. The summed E-state index contributed by atoms with van der Waals surface area (Å²) in [5, 5.41) is 21.7. The molecule has 5 atom stereocenters. The van der Waals surface area contributed by atoms with Crippen LogP contribution < -0.4 is 10.2 Å². The lowest BCUT2D eigenvalue weighted by Crippen LogP contribution is -2.43. The second-order valence-corrected chi connectivity index (χ2v) is 16.2. The fourth-order valence-electron chi connectivity index (χ4n) is 7.06. The number of anilines is 3. The largest absolute Gasteiger partial charge is 0.432 e. The molecular formula is C33H37N5O5Si. The summed E-state index contributed by atoms with van der Waals surface area (Å²) in [7, 11) is -2.84. The molecule has 1 spiro atoms. The molecule has 2 aliphatic rings. The van der Waals surface area contributed by atoms with Crippen molar-refractivity contribution in [2.75, 3.05) is 16.8 Å². The number of aliphatic hydroxyl groups excluding tert-OH is 1. The molecule has 10 nitrogen and oxygen atoms in total. The third-order valence-corrected chi connectivity index (χ3v) is 11.6. The van der Waals surface area contributed by atoms with Crippen LogP contribution in [0.2, 0.25) is 18.6 Å². The second kappa shape index (κ2) is 11.7. The van der Waals surface area contributed by atoms with Crippen molar-refractivity contribution in [2.45, 2.75) is 56.1 Å². The summed E-state index contributed by atoms with van der Waals surface area (Å²) in [6, 6.07) is 24.4. The van der Waals surface area contributed by atoms with Crippen LogP contribution in [0.3, 0.4) is 0 Å². The van der Waals surface area contributed by atoms with Gasteiger partial charge in [0.05, 0.1) is 24.3 Å². The topological polar surface area (TPSA) is 130 Å². The van der Waals surface area contributed by atoms with Gasteiger partial charge in [0.1, 0.15) is 0 Å². The van der Waals surface area contributed by atoms with Gasteiger partial charge in [0.25, 0.3) is 5.91 Å². The second-order valence-electron chi connectivity index (χ2n) is 12.2. The maximum absolute atomic E-state index is 13.8. The van der Waals surface area contributed by atoms with E-state index in [4.69, 9.17) is 4.74 Å². The van der Waals surface area contributed by atoms with E-state index >= 15 is 0 Å². The van der Waals surface area contributed by atoms with Crippen LogP contribution >= 0.6 is 0 Å². The highest BCUT2D eigenvalue weighted by Crippen LogP contribution is 2.58. The van der Waals surface area contributed by atoms with E-state index in [9.17, 15) is 19.5 Å². The summed E-state index contributed by atoms with van der Waals surface area (Å²) in [6.07, 6.45) is 2.66. The summed E-state index contributed by atoms with van der Waals surface area (Å²) in [6.45, 7) is 6.11. The predicted molar refractivity (Wildman–Crippen MR) is 169 cm³/mol. The Labute approximate surface area is 257 Å². The lowest BCUT2D eigenvalue weighted by molar-refractivity contribution is -0.143. The number of hydrogen-bond donors (Lipinski definition) is 3. The van der Waals surface area contributed by atoms with E-state index in [0.717, 1.165) is 12.0 Å². The molecule has 1 unspecified atom stereocenters. The number of nitrogens with zero attached hydrogens (tertiary/aromatic N) is 4. The molecule has 3 N–H and O–H groups in total. The Morgan fingerprint density at radius 3 is 2.45 bits per heavy atom. The Balaban J connectivity index is 1.29. The maximum atomic E-state index is 13.8. The quantitative estimate of drug-likeness (QED) is 0.177. The van der Waals surface area contributed by atoms with Gasteiger partial charge < -0.3 is 20.0 Å². The van der Waals surface area contributed by atoms with Crippen LogP contribution in [0.5, 0.6) is 0 Å². The van der Waals surface area contributed by atoms with E-state index in [1.54, 1.807) is 16.8 Å². The number of ether oxygens (including phenoxy) is 1. The lowest BCUT2D eigenvalue weighted by atomic mass is 9.82. The van der Waals surface area contributed by atoms with Gasteiger partial charge in [-0.15, -0.1) is 5.10 Å².